The molecule has 2 rings (SSSR count). The normalized spacial score (nSPS) is 19.5. The molecule has 0 aromatic carbocycles. The molecule has 1 aromatic heterocycles. The van der Waals surface area contributed by atoms with Crippen molar-refractivity contribution >= 4 is 10.0 Å². The van der Waals surface area contributed by atoms with Gasteiger partial charge in [-0.1, -0.05) is 19.3 Å². The third-order valence-electron chi connectivity index (χ3n) is 3.83. The van der Waals surface area contributed by atoms with E-state index in [0.717, 1.165) is 25.7 Å². The Morgan fingerprint density at radius 1 is 1.42 bits per heavy atom. The number of hydrogen-bond donors (Lipinski definition) is 2. The van der Waals surface area contributed by atoms with Crippen molar-refractivity contribution in [2.75, 3.05) is 6.54 Å². The Labute approximate surface area is 114 Å². The van der Waals surface area contributed by atoms with E-state index < -0.39 is 15.6 Å². The molecule has 0 saturated heterocycles. The minimum atomic E-state index is -3.56. The molecule has 0 radical (unpaired) electrons. The van der Waals surface area contributed by atoms with Gasteiger partial charge in [0.25, 0.3) is 10.0 Å². The number of sulfonamides is 1. The van der Waals surface area contributed by atoms with E-state index in [2.05, 4.69) is 9.71 Å². The molecule has 1 fully saturated rings. The van der Waals surface area contributed by atoms with Gasteiger partial charge in [0.2, 0.25) is 0 Å². The molecule has 6 nitrogen and oxygen atoms in total. The van der Waals surface area contributed by atoms with Gasteiger partial charge in [-0.25, -0.2) is 18.1 Å². The molecule has 7 heteroatoms. The maximum Gasteiger partial charge on any atom is 0.259 e. The second kappa shape index (κ2) is 5.22. The molecule has 0 bridgehead atoms. The number of rotatable bonds is 4. The van der Waals surface area contributed by atoms with Crippen molar-refractivity contribution in [1.29, 1.82) is 0 Å². The smallest absolute Gasteiger partial charge is 0.259 e. The van der Waals surface area contributed by atoms with Crippen LogP contribution in [0.1, 0.15) is 37.9 Å². The predicted molar refractivity (Wildman–Crippen MR) is 73.1 cm³/mol. The molecule has 108 valence electrons. The quantitative estimate of drug-likeness (QED) is 0.851. The van der Waals surface area contributed by atoms with Gasteiger partial charge < -0.3 is 10.3 Å². The van der Waals surface area contributed by atoms with Crippen LogP contribution in [0.3, 0.4) is 0 Å². The monoisotopic (exact) mass is 286 g/mol. The summed E-state index contributed by atoms with van der Waals surface area (Å²) in [5.41, 5.74) is 5.82. The number of nitrogens with zero attached hydrogens (tertiary/aromatic N) is 2. The molecule has 0 atom stereocenters. The number of nitrogens with two attached hydrogens (primary N) is 1. The van der Waals surface area contributed by atoms with E-state index in [1.54, 1.807) is 18.5 Å². The van der Waals surface area contributed by atoms with Crippen molar-refractivity contribution in [3.05, 3.63) is 12.0 Å². The standard InChI is InChI=1S/C12H22N4O2S/c1-10-15-11(8-16(10)2)19(17,18)14-9-12(13)6-4-3-5-7-12/h8,14H,3-7,9,13H2,1-2H3. The van der Waals surface area contributed by atoms with Crippen LogP contribution in [0.2, 0.25) is 0 Å². The molecule has 19 heavy (non-hydrogen) atoms. The van der Waals surface area contributed by atoms with Gasteiger partial charge in [-0.3, -0.25) is 0 Å². The number of nitrogens with one attached hydrogen (secondary N) is 1. The van der Waals surface area contributed by atoms with Gasteiger partial charge in [0.15, 0.2) is 5.03 Å². The Bertz CT molecular complexity index is 525. The maximum absolute atomic E-state index is 12.1. The molecule has 0 aliphatic heterocycles. The van der Waals surface area contributed by atoms with E-state index >= 15 is 0 Å². The number of aromatic nitrogens is 2. The predicted octanol–water partition coefficient (Wildman–Crippen LogP) is 0.668. The zero-order valence-corrected chi connectivity index (χ0v) is 12.3. The highest BCUT2D eigenvalue weighted by atomic mass is 32.2. The lowest BCUT2D eigenvalue weighted by Gasteiger charge is -2.33. The van der Waals surface area contributed by atoms with Gasteiger partial charge >= 0.3 is 0 Å². The fraction of sp³-hybridized carbons (Fsp3) is 0.750. The SMILES string of the molecule is Cc1nc(S(=O)(=O)NCC2(N)CCCCC2)cn1C. The fourth-order valence-electron chi connectivity index (χ4n) is 2.40. The van der Waals surface area contributed by atoms with Crippen LogP contribution in [0, 0.1) is 6.92 Å². The number of aryl methyl sites for hydroxylation is 2. The molecule has 0 spiro atoms. The summed E-state index contributed by atoms with van der Waals surface area (Å²) in [7, 11) is -1.79. The Kier molecular flexibility index (Phi) is 3.98. The summed E-state index contributed by atoms with van der Waals surface area (Å²) < 4.78 is 28.6. The van der Waals surface area contributed by atoms with Crippen LogP contribution in [0.25, 0.3) is 0 Å². The van der Waals surface area contributed by atoms with Crippen molar-refractivity contribution in [3.8, 4) is 0 Å². The second-order valence-corrected chi connectivity index (χ2v) is 7.20. The molecule has 0 unspecified atom stereocenters. The van der Waals surface area contributed by atoms with Crippen LogP contribution < -0.4 is 10.5 Å². The van der Waals surface area contributed by atoms with Gasteiger partial charge in [0.1, 0.15) is 5.82 Å². The fourth-order valence-corrected chi connectivity index (χ4v) is 3.58. The van der Waals surface area contributed by atoms with Crippen LogP contribution in [0.4, 0.5) is 0 Å². The first-order valence-corrected chi connectivity index (χ1v) is 8.09. The molecule has 1 heterocycles. The lowest BCUT2D eigenvalue weighted by Crippen LogP contribution is -2.51. The van der Waals surface area contributed by atoms with Crippen LogP contribution in [0.5, 0.6) is 0 Å². The number of hydrogen-bond acceptors (Lipinski definition) is 4. The molecular weight excluding hydrogens is 264 g/mol. The Hall–Kier alpha value is -0.920. The largest absolute Gasteiger partial charge is 0.337 e. The highest BCUT2D eigenvalue weighted by Crippen LogP contribution is 2.25. The van der Waals surface area contributed by atoms with Gasteiger partial charge in [0.05, 0.1) is 0 Å². The summed E-state index contributed by atoms with van der Waals surface area (Å²) in [6.45, 7) is 2.05. The average Bonchev–Trinajstić information content (AvgIpc) is 2.69. The lowest BCUT2D eigenvalue weighted by molar-refractivity contribution is 0.296. The van der Waals surface area contributed by atoms with Crippen LogP contribution in [-0.4, -0.2) is 30.1 Å². The molecule has 1 aliphatic rings. The third-order valence-corrected chi connectivity index (χ3v) is 5.10. The molecule has 1 aliphatic carbocycles. The first-order valence-electron chi connectivity index (χ1n) is 6.61. The van der Waals surface area contributed by atoms with Crippen molar-refractivity contribution in [3.63, 3.8) is 0 Å². The Balaban J connectivity index is 2.05. The van der Waals surface area contributed by atoms with Gasteiger partial charge in [-0.05, 0) is 19.8 Å². The highest BCUT2D eigenvalue weighted by Gasteiger charge is 2.30. The summed E-state index contributed by atoms with van der Waals surface area (Å²) in [5.74, 6) is 0.667. The molecular formula is C12H22N4O2S. The van der Waals surface area contributed by atoms with Crippen molar-refractivity contribution in [1.82, 2.24) is 14.3 Å². The Morgan fingerprint density at radius 3 is 2.58 bits per heavy atom. The van der Waals surface area contributed by atoms with E-state index in [1.165, 1.54) is 12.6 Å². The summed E-state index contributed by atoms with van der Waals surface area (Å²) in [6.07, 6.45) is 6.59. The second-order valence-electron chi connectivity index (χ2n) is 5.48. The van der Waals surface area contributed by atoms with Crippen LogP contribution in [0.15, 0.2) is 11.2 Å². The van der Waals surface area contributed by atoms with Gasteiger partial charge in [-0.15, -0.1) is 0 Å². The first-order chi connectivity index (χ1) is 8.82. The minimum absolute atomic E-state index is 0.0620. The summed E-state index contributed by atoms with van der Waals surface area (Å²) in [5, 5.41) is 0.0620. The van der Waals surface area contributed by atoms with E-state index in [-0.39, 0.29) is 11.6 Å². The zero-order valence-electron chi connectivity index (χ0n) is 11.5. The number of imidazole rings is 1. The highest BCUT2D eigenvalue weighted by molar-refractivity contribution is 7.89. The van der Waals surface area contributed by atoms with Crippen molar-refractivity contribution in [2.24, 2.45) is 12.8 Å². The van der Waals surface area contributed by atoms with E-state index in [4.69, 9.17) is 5.73 Å². The van der Waals surface area contributed by atoms with E-state index in [9.17, 15) is 8.42 Å². The Morgan fingerprint density at radius 2 is 2.05 bits per heavy atom. The van der Waals surface area contributed by atoms with Crippen molar-refractivity contribution < 1.29 is 8.42 Å². The summed E-state index contributed by atoms with van der Waals surface area (Å²) in [4.78, 5) is 4.04. The summed E-state index contributed by atoms with van der Waals surface area (Å²) >= 11 is 0. The third kappa shape index (κ3) is 3.34. The maximum atomic E-state index is 12.1. The topological polar surface area (TPSA) is 90.0 Å². The minimum Gasteiger partial charge on any atom is -0.337 e. The lowest BCUT2D eigenvalue weighted by atomic mass is 9.83. The molecule has 0 amide bonds. The zero-order chi connectivity index (χ0) is 14.1. The van der Waals surface area contributed by atoms with Gasteiger partial charge in [0, 0.05) is 25.3 Å². The van der Waals surface area contributed by atoms with E-state index in [1.807, 2.05) is 0 Å². The molecule has 1 saturated carbocycles. The summed E-state index contributed by atoms with van der Waals surface area (Å²) in [6, 6.07) is 0. The van der Waals surface area contributed by atoms with Crippen molar-refractivity contribution in [2.45, 2.75) is 49.6 Å². The van der Waals surface area contributed by atoms with Crippen LogP contribution >= 0.6 is 0 Å². The van der Waals surface area contributed by atoms with E-state index in [0.29, 0.717) is 5.82 Å². The average molecular weight is 286 g/mol. The first kappa shape index (κ1) is 14.5. The molecule has 1 aromatic rings. The molecule has 3 N–H and O–H groups in total. The van der Waals surface area contributed by atoms with Gasteiger partial charge in [-0.2, -0.15) is 0 Å². The van der Waals surface area contributed by atoms with Crippen LogP contribution in [-0.2, 0) is 17.1 Å².